The van der Waals surface area contributed by atoms with E-state index in [1.165, 1.54) is 38.5 Å². The molecule has 0 saturated heterocycles. The van der Waals surface area contributed by atoms with E-state index in [2.05, 4.69) is 10.2 Å². The van der Waals surface area contributed by atoms with Gasteiger partial charge in [-0.1, -0.05) is 0 Å². The minimum absolute atomic E-state index is 0.0117. The number of hydrogen-bond donors (Lipinski definition) is 1. The number of methoxy groups -OCH3 is 3. The van der Waals surface area contributed by atoms with E-state index in [1.807, 2.05) is 18.3 Å². The summed E-state index contributed by atoms with van der Waals surface area (Å²) in [4.78, 5) is 19.3. The molecule has 4 bridgehead atoms. The molecule has 174 valence electrons. The number of carbonyl (C=O) groups is 1. The van der Waals surface area contributed by atoms with Crippen molar-refractivity contribution in [3.05, 3.63) is 35.2 Å². The lowest BCUT2D eigenvalue weighted by molar-refractivity contribution is -0.105. The summed E-state index contributed by atoms with van der Waals surface area (Å²) < 4.78 is 16.9. The summed E-state index contributed by atoms with van der Waals surface area (Å²) in [5.41, 5.74) is 3.70. The molecule has 1 N–H and O–H groups in total. The highest BCUT2D eigenvalue weighted by atomic mass is 16.5. The summed E-state index contributed by atoms with van der Waals surface area (Å²) in [7, 11) is 4.89. The Morgan fingerprint density at radius 2 is 1.61 bits per heavy atom. The van der Waals surface area contributed by atoms with E-state index >= 15 is 0 Å². The maximum absolute atomic E-state index is 12.1. The zero-order chi connectivity index (χ0) is 22.7. The average molecular weight is 450 g/mol. The van der Waals surface area contributed by atoms with Gasteiger partial charge in [0.15, 0.2) is 17.3 Å². The first-order chi connectivity index (χ1) is 16.1. The van der Waals surface area contributed by atoms with Gasteiger partial charge in [-0.2, -0.15) is 0 Å². The molecule has 7 rings (SSSR count). The van der Waals surface area contributed by atoms with Gasteiger partial charge in [-0.25, -0.2) is 4.99 Å². The number of benzene rings is 1. The fourth-order valence-corrected chi connectivity index (χ4v) is 7.52. The van der Waals surface area contributed by atoms with Crippen molar-refractivity contribution in [2.75, 3.05) is 27.9 Å². The maximum atomic E-state index is 12.1. The SMILES string of the molecule is COc1cc(C2=CN=C3NCC(C=O)=C3N2C23CC4CC(CC(C4)C2)C3)cc(OC)c1OC. The first-order valence-corrected chi connectivity index (χ1v) is 11.9. The summed E-state index contributed by atoms with van der Waals surface area (Å²) in [6.07, 6.45) is 10.5. The molecule has 4 saturated carbocycles. The summed E-state index contributed by atoms with van der Waals surface area (Å²) in [6.45, 7) is 0.525. The minimum Gasteiger partial charge on any atom is -0.493 e. The molecule has 2 aliphatic heterocycles. The molecule has 0 amide bonds. The fraction of sp³-hybridized carbons (Fsp3) is 0.538. The van der Waals surface area contributed by atoms with Crippen LogP contribution in [0, 0.1) is 17.8 Å². The van der Waals surface area contributed by atoms with Crippen LogP contribution in [0.5, 0.6) is 17.2 Å². The zero-order valence-electron chi connectivity index (χ0n) is 19.5. The Hall–Kier alpha value is -2.96. The number of nitrogens with zero attached hydrogens (tertiary/aromatic N) is 2. The van der Waals surface area contributed by atoms with Crippen LogP contribution >= 0.6 is 0 Å². The van der Waals surface area contributed by atoms with Gasteiger partial charge in [-0.05, 0) is 68.4 Å². The van der Waals surface area contributed by atoms with Crippen LogP contribution in [0.4, 0.5) is 0 Å². The normalized spacial score (nSPS) is 31.6. The molecule has 0 radical (unpaired) electrons. The van der Waals surface area contributed by atoms with Crippen molar-refractivity contribution in [3.8, 4) is 17.2 Å². The van der Waals surface area contributed by atoms with Crippen molar-refractivity contribution >= 4 is 17.8 Å². The maximum Gasteiger partial charge on any atom is 0.203 e. The van der Waals surface area contributed by atoms with Gasteiger partial charge in [0, 0.05) is 23.2 Å². The Balaban J connectivity index is 1.54. The van der Waals surface area contributed by atoms with Crippen LogP contribution in [-0.2, 0) is 4.79 Å². The van der Waals surface area contributed by atoms with Crippen molar-refractivity contribution in [3.63, 3.8) is 0 Å². The summed E-state index contributed by atoms with van der Waals surface area (Å²) in [5, 5.41) is 3.35. The second kappa shape index (κ2) is 7.54. The number of fused-ring (bicyclic) bond motifs is 1. The third kappa shape index (κ3) is 3.01. The van der Waals surface area contributed by atoms with E-state index in [9.17, 15) is 4.79 Å². The van der Waals surface area contributed by atoms with Gasteiger partial charge in [0.05, 0.1) is 38.9 Å². The predicted molar refractivity (Wildman–Crippen MR) is 125 cm³/mol. The molecule has 7 heteroatoms. The molecule has 33 heavy (non-hydrogen) atoms. The van der Waals surface area contributed by atoms with Crippen LogP contribution in [0.1, 0.15) is 44.1 Å². The molecule has 1 aromatic rings. The molecule has 2 heterocycles. The van der Waals surface area contributed by atoms with E-state index in [-0.39, 0.29) is 5.54 Å². The highest BCUT2D eigenvalue weighted by molar-refractivity contribution is 6.09. The Kier molecular flexibility index (Phi) is 4.71. The van der Waals surface area contributed by atoms with Gasteiger partial charge in [-0.15, -0.1) is 0 Å². The molecule has 0 unspecified atom stereocenters. The second-order valence-electron chi connectivity index (χ2n) is 10.2. The van der Waals surface area contributed by atoms with Gasteiger partial charge in [-0.3, -0.25) is 4.79 Å². The highest BCUT2D eigenvalue weighted by Crippen LogP contribution is 2.60. The molecule has 0 spiro atoms. The highest BCUT2D eigenvalue weighted by Gasteiger charge is 2.56. The van der Waals surface area contributed by atoms with Crippen LogP contribution in [0.3, 0.4) is 0 Å². The summed E-state index contributed by atoms with van der Waals surface area (Å²) in [5.74, 6) is 4.92. The summed E-state index contributed by atoms with van der Waals surface area (Å²) >= 11 is 0. The number of rotatable bonds is 6. The van der Waals surface area contributed by atoms with Crippen LogP contribution < -0.4 is 19.5 Å². The van der Waals surface area contributed by atoms with Crippen molar-refractivity contribution < 1.29 is 19.0 Å². The molecule has 1 aromatic carbocycles. The average Bonchev–Trinajstić information content (AvgIpc) is 3.24. The van der Waals surface area contributed by atoms with Crippen LogP contribution in [-0.4, -0.2) is 50.4 Å². The molecular weight excluding hydrogens is 418 g/mol. The van der Waals surface area contributed by atoms with E-state index < -0.39 is 0 Å². The lowest BCUT2D eigenvalue weighted by atomic mass is 9.52. The number of amidine groups is 1. The van der Waals surface area contributed by atoms with Crippen LogP contribution in [0.15, 0.2) is 34.6 Å². The molecule has 0 atom stereocenters. The second-order valence-corrected chi connectivity index (χ2v) is 10.2. The molecule has 6 aliphatic rings. The first kappa shape index (κ1) is 20.6. The number of ether oxygens (including phenoxy) is 3. The Bertz CT molecular complexity index is 1040. The zero-order valence-corrected chi connectivity index (χ0v) is 19.5. The first-order valence-electron chi connectivity index (χ1n) is 11.9. The van der Waals surface area contributed by atoms with E-state index in [0.717, 1.165) is 52.4 Å². The summed E-state index contributed by atoms with van der Waals surface area (Å²) in [6, 6.07) is 3.98. The van der Waals surface area contributed by atoms with Gasteiger partial charge in [0.25, 0.3) is 0 Å². The number of carbonyl (C=O) groups excluding carboxylic acids is 1. The third-order valence-electron chi connectivity index (χ3n) is 8.34. The number of hydrogen-bond acceptors (Lipinski definition) is 7. The largest absolute Gasteiger partial charge is 0.493 e. The molecular formula is C26H31N3O4. The van der Waals surface area contributed by atoms with Crippen LogP contribution in [0.25, 0.3) is 5.70 Å². The molecule has 0 aromatic heterocycles. The predicted octanol–water partition coefficient (Wildman–Crippen LogP) is 3.75. The third-order valence-corrected chi connectivity index (χ3v) is 8.34. The fourth-order valence-electron chi connectivity index (χ4n) is 7.52. The van der Waals surface area contributed by atoms with E-state index in [0.29, 0.717) is 23.8 Å². The Labute approximate surface area is 194 Å². The van der Waals surface area contributed by atoms with Crippen molar-refractivity contribution in [2.24, 2.45) is 22.7 Å². The van der Waals surface area contributed by atoms with Crippen molar-refractivity contribution in [1.29, 1.82) is 0 Å². The number of aliphatic imine (C=N–C) groups is 1. The number of nitrogens with one attached hydrogen (secondary N) is 1. The van der Waals surface area contributed by atoms with Gasteiger partial charge in [0.1, 0.15) is 6.29 Å². The Morgan fingerprint density at radius 1 is 1.00 bits per heavy atom. The van der Waals surface area contributed by atoms with E-state index in [1.54, 1.807) is 21.3 Å². The molecule has 4 aliphatic carbocycles. The Morgan fingerprint density at radius 3 is 2.12 bits per heavy atom. The monoisotopic (exact) mass is 449 g/mol. The van der Waals surface area contributed by atoms with Gasteiger partial charge < -0.3 is 24.4 Å². The quantitative estimate of drug-likeness (QED) is 0.667. The van der Waals surface area contributed by atoms with Gasteiger partial charge in [0.2, 0.25) is 5.75 Å². The topological polar surface area (TPSA) is 72.4 Å². The van der Waals surface area contributed by atoms with Crippen LogP contribution in [0.2, 0.25) is 0 Å². The smallest absolute Gasteiger partial charge is 0.203 e. The number of aldehydes is 1. The lowest BCUT2D eigenvalue weighted by Gasteiger charge is -2.61. The standard InChI is InChI=1S/C26H31N3O4/c1-31-21-7-18(8-22(32-2)24(21)33-3)20-13-28-25-23(19(14-30)12-27-25)29(20)26-9-15-4-16(10-26)6-17(5-15)11-26/h7-8,13-17H,4-6,9-12H2,1-3H3,(H,27,28). The molecule has 7 nitrogen and oxygen atoms in total. The lowest BCUT2D eigenvalue weighted by Crippen LogP contribution is -2.60. The van der Waals surface area contributed by atoms with Crippen molar-refractivity contribution in [2.45, 2.75) is 44.1 Å². The van der Waals surface area contributed by atoms with E-state index in [4.69, 9.17) is 19.2 Å². The molecule has 4 fully saturated rings. The van der Waals surface area contributed by atoms with Gasteiger partial charge >= 0.3 is 0 Å². The van der Waals surface area contributed by atoms with Crippen molar-refractivity contribution in [1.82, 2.24) is 10.2 Å². The minimum atomic E-state index is 0.0117.